The van der Waals surface area contributed by atoms with Crippen LogP contribution in [0.15, 0.2) is 77.6 Å². The van der Waals surface area contributed by atoms with Crippen molar-refractivity contribution in [2.75, 3.05) is 0 Å². The topological polar surface area (TPSA) is 114 Å². The van der Waals surface area contributed by atoms with E-state index in [1.165, 1.54) is 5.57 Å². The zero-order valence-electron chi connectivity index (χ0n) is 20.4. The second kappa shape index (κ2) is 10.5. The van der Waals surface area contributed by atoms with E-state index in [1.807, 2.05) is 18.2 Å². The normalized spacial score (nSPS) is 16.2. The third-order valence-electron chi connectivity index (χ3n) is 6.43. The summed E-state index contributed by atoms with van der Waals surface area (Å²) in [6.45, 7) is 0. The Morgan fingerprint density at radius 3 is 2.59 bits per heavy atom. The highest BCUT2D eigenvalue weighted by Gasteiger charge is 2.47. The van der Waals surface area contributed by atoms with Crippen LogP contribution in [0.4, 0.5) is 13.2 Å². The molecule has 3 aromatic heterocycles. The number of nitrogens with zero attached hydrogens (tertiary/aromatic N) is 2. The van der Waals surface area contributed by atoms with E-state index in [0.717, 1.165) is 48.8 Å². The fourth-order valence-electron chi connectivity index (χ4n) is 4.43. The number of alkyl halides is 3. The number of aromatic amines is 1. The molecular weight excluding hydrogens is 533 g/mol. The minimum atomic E-state index is -5.47. The molecule has 0 radical (unpaired) electrons. The van der Waals surface area contributed by atoms with Crippen LogP contribution < -0.4 is 10.1 Å². The molecule has 0 spiro atoms. The lowest BCUT2D eigenvalue weighted by Gasteiger charge is -2.25. The number of ether oxygens (including phenoxy) is 1. The molecule has 2 N–H and O–H groups in total. The molecule has 0 saturated heterocycles. The minimum Gasteiger partial charge on any atom is -0.439 e. The average molecular weight is 557 g/mol. The Morgan fingerprint density at radius 1 is 1.08 bits per heavy atom. The van der Waals surface area contributed by atoms with Crippen LogP contribution >= 0.6 is 0 Å². The lowest BCUT2D eigenvalue weighted by Crippen LogP contribution is -2.36. The molecule has 0 atom stereocenters. The zero-order chi connectivity index (χ0) is 27.6. The van der Waals surface area contributed by atoms with Crippen LogP contribution in [0, 0.1) is 0 Å². The van der Waals surface area contributed by atoms with Crippen LogP contribution in [0.2, 0.25) is 0 Å². The summed E-state index contributed by atoms with van der Waals surface area (Å²) >= 11 is 0. The summed E-state index contributed by atoms with van der Waals surface area (Å²) in [6, 6.07) is 12.7. The maximum Gasteiger partial charge on any atom is 0.501 e. The van der Waals surface area contributed by atoms with Crippen LogP contribution in [0.25, 0.3) is 17.1 Å². The van der Waals surface area contributed by atoms with Gasteiger partial charge in [0.1, 0.15) is 11.4 Å². The molecule has 8 nitrogen and oxygen atoms in total. The fraction of sp³-hybridized carbons (Fsp3) is 0.222. The summed E-state index contributed by atoms with van der Waals surface area (Å²) in [6.07, 6.45) is 9.22. The Bertz CT molecular complexity index is 1640. The van der Waals surface area contributed by atoms with Crippen molar-refractivity contribution in [2.24, 2.45) is 0 Å². The van der Waals surface area contributed by atoms with Gasteiger partial charge in [0.15, 0.2) is 0 Å². The predicted molar refractivity (Wildman–Crippen MR) is 138 cm³/mol. The van der Waals surface area contributed by atoms with E-state index in [9.17, 15) is 26.4 Å². The van der Waals surface area contributed by atoms with Crippen molar-refractivity contribution in [3.63, 3.8) is 0 Å². The molecule has 5 rings (SSSR count). The molecule has 1 amide bonds. The highest BCUT2D eigenvalue weighted by atomic mass is 32.2. The highest BCUT2D eigenvalue weighted by Crippen LogP contribution is 2.31. The third kappa shape index (κ3) is 5.80. The van der Waals surface area contributed by atoms with Gasteiger partial charge >= 0.3 is 5.51 Å². The fourth-order valence-corrected chi connectivity index (χ4v) is 5.13. The summed E-state index contributed by atoms with van der Waals surface area (Å²) in [7, 11) is -5.47. The monoisotopic (exact) mass is 556 g/mol. The van der Waals surface area contributed by atoms with Gasteiger partial charge in [-0.25, -0.2) is 18.4 Å². The van der Waals surface area contributed by atoms with E-state index in [2.05, 4.69) is 20.3 Å². The molecule has 1 aromatic carbocycles. The first-order valence-corrected chi connectivity index (χ1v) is 13.6. The van der Waals surface area contributed by atoms with Gasteiger partial charge in [-0.2, -0.15) is 13.2 Å². The molecule has 0 unspecified atom stereocenters. The first kappa shape index (κ1) is 26.4. The number of hydrogen-bond donors (Lipinski definition) is 2. The van der Waals surface area contributed by atoms with Gasteiger partial charge in [-0.3, -0.25) is 4.79 Å². The zero-order valence-corrected chi connectivity index (χ0v) is 21.2. The molecule has 1 saturated carbocycles. The molecule has 202 valence electrons. The lowest BCUT2D eigenvalue weighted by atomic mass is 9.89. The average Bonchev–Trinajstić information content (AvgIpc) is 3.34. The number of nitrogens with one attached hydrogen (secondary N) is 2. The van der Waals surface area contributed by atoms with E-state index in [0.29, 0.717) is 23.2 Å². The molecule has 39 heavy (non-hydrogen) atoms. The summed E-state index contributed by atoms with van der Waals surface area (Å²) in [5, 5.41) is 3.90. The molecule has 1 aliphatic carbocycles. The van der Waals surface area contributed by atoms with E-state index in [1.54, 1.807) is 36.7 Å². The number of hydrogen-bond acceptors (Lipinski definition) is 6. The summed E-state index contributed by atoms with van der Waals surface area (Å²) in [5.74, 6) is 0.231. The number of benzene rings is 1. The van der Waals surface area contributed by atoms with Gasteiger partial charge in [-0.05, 0) is 61.6 Å². The molecule has 0 bridgehead atoms. The Balaban J connectivity index is 1.18. The van der Waals surface area contributed by atoms with Crippen molar-refractivity contribution >= 4 is 32.9 Å². The van der Waals surface area contributed by atoms with Crippen LogP contribution in [-0.2, 0) is 9.84 Å². The number of carbonyl (C=O) groups excluding carboxylic acids is 1. The molecule has 0 aliphatic heterocycles. The number of H-pyrrole nitrogens is 1. The van der Waals surface area contributed by atoms with Gasteiger partial charge < -0.3 is 15.0 Å². The van der Waals surface area contributed by atoms with E-state index in [4.69, 9.17) is 4.74 Å². The maximum atomic E-state index is 12.8. The Morgan fingerprint density at radius 2 is 1.87 bits per heavy atom. The van der Waals surface area contributed by atoms with E-state index >= 15 is 0 Å². The summed E-state index contributed by atoms with van der Waals surface area (Å²) in [5.41, 5.74) is -2.08. The number of sulfone groups is 1. The Hall–Kier alpha value is -4.19. The van der Waals surface area contributed by atoms with Gasteiger partial charge in [0, 0.05) is 36.1 Å². The quantitative estimate of drug-likeness (QED) is 0.310. The third-order valence-corrected chi connectivity index (χ3v) is 7.91. The predicted octanol–water partition coefficient (Wildman–Crippen LogP) is 5.80. The smallest absolute Gasteiger partial charge is 0.439 e. The number of amides is 1. The summed E-state index contributed by atoms with van der Waals surface area (Å²) < 4.78 is 66.8. The highest BCUT2D eigenvalue weighted by molar-refractivity contribution is 7.92. The number of carbonyl (C=O) groups is 1. The van der Waals surface area contributed by atoms with Gasteiger partial charge in [0.2, 0.25) is 5.88 Å². The number of allylic oxidation sites excluding steroid dienone is 1. The van der Waals surface area contributed by atoms with Crippen LogP contribution in [0.3, 0.4) is 0 Å². The Kier molecular flexibility index (Phi) is 7.13. The molecule has 1 aliphatic rings. The molecule has 4 aromatic rings. The van der Waals surface area contributed by atoms with Crippen LogP contribution in [0.1, 0.15) is 41.6 Å². The SMILES string of the molecule is O=C(NC1CCC(=Cc2cccc(Oc3ccc(S(=O)(=O)C(F)(F)F)cn3)c2)CC1)c1c[nH]c2ncccc12. The Labute approximate surface area is 221 Å². The van der Waals surface area contributed by atoms with E-state index in [-0.39, 0.29) is 17.8 Å². The minimum absolute atomic E-state index is 0.0387. The maximum absolute atomic E-state index is 12.8. The standard InChI is InChI=1S/C27H23F3N4O4S/c28-27(29,30)39(36,37)21-10-11-24(32-15-21)38-20-4-1-3-18(14-20)13-17-6-8-19(9-7-17)34-26(35)23-16-33-25-22(23)5-2-12-31-25/h1-5,10-16,19H,6-9H2,(H,31,33)(H,34,35). The van der Waals surface area contributed by atoms with Crippen molar-refractivity contribution in [3.05, 3.63) is 83.8 Å². The number of halogens is 3. The first-order valence-electron chi connectivity index (χ1n) is 12.1. The van der Waals surface area contributed by atoms with Gasteiger partial charge in [-0.15, -0.1) is 0 Å². The second-order valence-electron chi connectivity index (χ2n) is 9.11. The lowest BCUT2D eigenvalue weighted by molar-refractivity contribution is -0.0436. The van der Waals surface area contributed by atoms with Crippen molar-refractivity contribution in [1.29, 1.82) is 0 Å². The van der Waals surface area contributed by atoms with E-state index < -0.39 is 20.2 Å². The number of rotatable bonds is 6. The van der Waals surface area contributed by atoms with Gasteiger partial charge in [0.05, 0.1) is 10.5 Å². The number of pyridine rings is 2. The number of fused-ring (bicyclic) bond motifs is 1. The molecular formula is C27H23F3N4O4S. The first-order chi connectivity index (χ1) is 18.6. The largest absolute Gasteiger partial charge is 0.501 e. The summed E-state index contributed by atoms with van der Waals surface area (Å²) in [4.78, 5) is 22.8. The van der Waals surface area contributed by atoms with Crippen molar-refractivity contribution < 1.29 is 31.1 Å². The van der Waals surface area contributed by atoms with Crippen molar-refractivity contribution in [3.8, 4) is 11.6 Å². The van der Waals surface area contributed by atoms with Gasteiger partial charge in [0.25, 0.3) is 15.7 Å². The van der Waals surface area contributed by atoms with Crippen molar-refractivity contribution in [1.82, 2.24) is 20.3 Å². The molecule has 3 heterocycles. The van der Waals surface area contributed by atoms with Crippen molar-refractivity contribution in [2.45, 2.75) is 42.1 Å². The van der Waals surface area contributed by atoms with Gasteiger partial charge in [-0.1, -0.05) is 23.8 Å². The number of aromatic nitrogens is 3. The van der Waals surface area contributed by atoms with Crippen LogP contribution in [0.5, 0.6) is 11.6 Å². The molecule has 1 fully saturated rings. The molecule has 12 heteroatoms. The van der Waals surface area contributed by atoms with Crippen LogP contribution in [-0.4, -0.2) is 40.8 Å². The second-order valence-corrected chi connectivity index (χ2v) is 11.0.